The van der Waals surface area contributed by atoms with Gasteiger partial charge in [0, 0.05) is 31.8 Å². The van der Waals surface area contributed by atoms with Crippen LogP contribution < -0.4 is 16.8 Å². The SMILES string of the molecule is CC(C)C[C@@H](N)C(=O)N1CCC[C@H]1C(=O)NC(=O)c1ccc(C(N)=NS(=O)(=O)N(C)C)cc1. The molecule has 2 atom stereocenters. The summed E-state index contributed by atoms with van der Waals surface area (Å²) < 4.78 is 28.1. The van der Waals surface area contributed by atoms with Gasteiger partial charge in [-0.15, -0.1) is 4.40 Å². The van der Waals surface area contributed by atoms with Gasteiger partial charge in [-0.2, -0.15) is 12.7 Å². The summed E-state index contributed by atoms with van der Waals surface area (Å²) in [6.07, 6.45) is 1.61. The van der Waals surface area contributed by atoms with Gasteiger partial charge in [0.05, 0.1) is 6.04 Å². The zero-order valence-corrected chi connectivity index (χ0v) is 20.1. The first-order valence-corrected chi connectivity index (χ1v) is 12.0. The maximum Gasteiger partial charge on any atom is 0.323 e. The second-order valence-electron chi connectivity index (χ2n) is 8.56. The summed E-state index contributed by atoms with van der Waals surface area (Å²) >= 11 is 0. The van der Waals surface area contributed by atoms with Crippen LogP contribution in [0.5, 0.6) is 0 Å². The third-order valence-corrected chi connectivity index (χ3v) is 6.59. The van der Waals surface area contributed by atoms with Crippen molar-refractivity contribution in [3.8, 4) is 0 Å². The van der Waals surface area contributed by atoms with Crippen LogP contribution in [-0.2, 0) is 19.8 Å². The van der Waals surface area contributed by atoms with E-state index in [1.54, 1.807) is 0 Å². The van der Waals surface area contributed by atoms with Crippen LogP contribution in [0.2, 0.25) is 0 Å². The maximum absolute atomic E-state index is 12.7. The first-order chi connectivity index (χ1) is 15.3. The summed E-state index contributed by atoms with van der Waals surface area (Å²) in [6, 6.07) is 4.22. The summed E-state index contributed by atoms with van der Waals surface area (Å²) in [4.78, 5) is 39.4. The van der Waals surface area contributed by atoms with Gasteiger partial charge in [0.15, 0.2) is 0 Å². The molecule has 12 heteroatoms. The molecule has 5 N–H and O–H groups in total. The van der Waals surface area contributed by atoms with E-state index in [-0.39, 0.29) is 23.2 Å². The van der Waals surface area contributed by atoms with E-state index in [9.17, 15) is 22.8 Å². The number of amides is 3. The molecule has 1 saturated heterocycles. The van der Waals surface area contributed by atoms with E-state index in [0.29, 0.717) is 31.4 Å². The monoisotopic (exact) mass is 480 g/mol. The average molecular weight is 481 g/mol. The molecule has 0 aromatic heterocycles. The topological polar surface area (TPSA) is 168 Å². The molecule has 1 aromatic carbocycles. The Hall–Kier alpha value is -2.83. The molecule has 0 saturated carbocycles. The van der Waals surface area contributed by atoms with Gasteiger partial charge in [0.2, 0.25) is 11.8 Å². The van der Waals surface area contributed by atoms with Crippen molar-refractivity contribution < 1.29 is 22.8 Å². The first-order valence-electron chi connectivity index (χ1n) is 10.6. The normalized spacial score (nSPS) is 18.0. The number of nitrogens with one attached hydrogen (secondary N) is 1. The lowest BCUT2D eigenvalue weighted by Gasteiger charge is -2.27. The van der Waals surface area contributed by atoms with E-state index in [1.165, 1.54) is 43.3 Å². The minimum Gasteiger partial charge on any atom is -0.382 e. The van der Waals surface area contributed by atoms with Gasteiger partial charge in [-0.3, -0.25) is 19.7 Å². The molecule has 1 heterocycles. The van der Waals surface area contributed by atoms with Crippen molar-refractivity contribution in [2.45, 2.75) is 45.2 Å². The second kappa shape index (κ2) is 10.9. The van der Waals surface area contributed by atoms with E-state index in [1.807, 2.05) is 13.8 Å². The first kappa shape index (κ1) is 26.4. The molecule has 1 aromatic rings. The van der Waals surface area contributed by atoms with E-state index in [0.717, 1.165) is 4.31 Å². The summed E-state index contributed by atoms with van der Waals surface area (Å²) in [7, 11) is -1.24. The lowest BCUT2D eigenvalue weighted by molar-refractivity contribution is -0.139. The number of imide groups is 1. The van der Waals surface area contributed by atoms with Gasteiger partial charge in [-0.1, -0.05) is 26.0 Å². The number of hydrogen-bond donors (Lipinski definition) is 3. The lowest BCUT2D eigenvalue weighted by Crippen LogP contribution is -2.52. The molecule has 33 heavy (non-hydrogen) atoms. The van der Waals surface area contributed by atoms with Gasteiger partial charge >= 0.3 is 10.2 Å². The highest BCUT2D eigenvalue weighted by molar-refractivity contribution is 7.87. The van der Waals surface area contributed by atoms with E-state index < -0.39 is 34.1 Å². The molecule has 1 fully saturated rings. The molecular formula is C21H32N6O5S. The zero-order valence-electron chi connectivity index (χ0n) is 19.3. The van der Waals surface area contributed by atoms with Gasteiger partial charge in [-0.25, -0.2) is 0 Å². The van der Waals surface area contributed by atoms with Crippen LogP contribution in [0.4, 0.5) is 0 Å². The highest BCUT2D eigenvalue weighted by Crippen LogP contribution is 2.20. The smallest absolute Gasteiger partial charge is 0.323 e. The van der Waals surface area contributed by atoms with Crippen LogP contribution in [-0.4, -0.2) is 73.9 Å². The van der Waals surface area contributed by atoms with Crippen molar-refractivity contribution in [1.29, 1.82) is 0 Å². The predicted molar refractivity (Wildman–Crippen MR) is 124 cm³/mol. The number of amidine groups is 1. The molecule has 182 valence electrons. The van der Waals surface area contributed by atoms with Gasteiger partial charge in [0.25, 0.3) is 5.91 Å². The number of nitrogens with two attached hydrogens (primary N) is 2. The molecule has 0 aliphatic carbocycles. The van der Waals surface area contributed by atoms with Crippen molar-refractivity contribution in [2.75, 3.05) is 20.6 Å². The third-order valence-electron chi connectivity index (χ3n) is 5.24. The number of carbonyl (C=O) groups excluding carboxylic acids is 3. The van der Waals surface area contributed by atoms with Crippen LogP contribution in [0.1, 0.15) is 49.0 Å². The minimum atomic E-state index is -3.89. The van der Waals surface area contributed by atoms with Crippen molar-refractivity contribution in [2.24, 2.45) is 21.8 Å². The van der Waals surface area contributed by atoms with Gasteiger partial charge < -0.3 is 16.4 Å². The fourth-order valence-electron chi connectivity index (χ4n) is 3.44. The standard InChI is InChI=1S/C21H32N6O5S/c1-13(2)12-16(22)21(30)27-11-5-6-17(27)20(29)24-19(28)15-9-7-14(8-10-15)18(23)25-33(31,32)26(3)4/h7-10,13,16-17H,5-6,11-12,22H2,1-4H3,(H2,23,25)(H,24,28,29)/t16-,17+/m1/s1. The van der Waals surface area contributed by atoms with Crippen molar-refractivity contribution in [1.82, 2.24) is 14.5 Å². The molecule has 0 radical (unpaired) electrons. The fraction of sp³-hybridized carbons (Fsp3) is 0.524. The maximum atomic E-state index is 12.7. The van der Waals surface area contributed by atoms with Crippen molar-refractivity contribution in [3.63, 3.8) is 0 Å². The molecule has 0 bridgehead atoms. The fourth-order valence-corrected chi connectivity index (χ4v) is 3.96. The molecule has 0 spiro atoms. The van der Waals surface area contributed by atoms with Crippen LogP contribution in [0.25, 0.3) is 0 Å². The molecular weight excluding hydrogens is 448 g/mol. The minimum absolute atomic E-state index is 0.169. The van der Waals surface area contributed by atoms with Gasteiger partial charge in [-0.05, 0) is 37.3 Å². The Morgan fingerprint density at radius 3 is 2.30 bits per heavy atom. The Kier molecular flexibility index (Phi) is 8.69. The number of rotatable bonds is 8. The molecule has 11 nitrogen and oxygen atoms in total. The number of likely N-dealkylation sites (tertiary alicyclic amines) is 1. The van der Waals surface area contributed by atoms with E-state index in [4.69, 9.17) is 11.5 Å². The highest BCUT2D eigenvalue weighted by atomic mass is 32.2. The molecule has 2 rings (SSSR count). The Morgan fingerprint density at radius 2 is 1.76 bits per heavy atom. The predicted octanol–water partition coefficient (Wildman–Crippen LogP) is -0.181. The number of hydrogen-bond acceptors (Lipinski definition) is 6. The van der Waals surface area contributed by atoms with E-state index >= 15 is 0 Å². The van der Waals surface area contributed by atoms with Crippen LogP contribution in [0, 0.1) is 5.92 Å². The quantitative estimate of drug-likeness (QED) is 0.263. The summed E-state index contributed by atoms with van der Waals surface area (Å²) in [5, 5.41) is 2.33. The number of benzene rings is 1. The van der Waals surface area contributed by atoms with Crippen molar-refractivity contribution in [3.05, 3.63) is 35.4 Å². The molecule has 1 aliphatic rings. The largest absolute Gasteiger partial charge is 0.382 e. The number of carbonyl (C=O) groups is 3. The average Bonchev–Trinajstić information content (AvgIpc) is 3.22. The van der Waals surface area contributed by atoms with E-state index in [2.05, 4.69) is 9.71 Å². The Balaban J connectivity index is 2.06. The summed E-state index contributed by atoms with van der Waals surface area (Å²) in [6.45, 7) is 4.35. The van der Waals surface area contributed by atoms with Crippen LogP contribution in [0.15, 0.2) is 28.7 Å². The Morgan fingerprint density at radius 1 is 1.18 bits per heavy atom. The zero-order chi connectivity index (χ0) is 24.9. The van der Waals surface area contributed by atoms with Crippen LogP contribution >= 0.6 is 0 Å². The molecule has 3 amide bonds. The second-order valence-corrected chi connectivity index (χ2v) is 10.4. The van der Waals surface area contributed by atoms with Crippen molar-refractivity contribution >= 4 is 33.8 Å². The number of nitrogens with zero attached hydrogens (tertiary/aromatic N) is 3. The van der Waals surface area contributed by atoms with Gasteiger partial charge in [0.1, 0.15) is 11.9 Å². The highest BCUT2D eigenvalue weighted by Gasteiger charge is 2.36. The lowest BCUT2D eigenvalue weighted by atomic mass is 10.0. The molecule has 0 unspecified atom stereocenters. The summed E-state index contributed by atoms with van der Waals surface area (Å²) in [5.74, 6) is -1.49. The Bertz CT molecular complexity index is 1020. The Labute approximate surface area is 194 Å². The molecule has 1 aliphatic heterocycles. The third kappa shape index (κ3) is 6.83. The van der Waals surface area contributed by atoms with Crippen LogP contribution in [0.3, 0.4) is 0 Å². The summed E-state index contributed by atoms with van der Waals surface area (Å²) in [5.41, 5.74) is 12.2.